The molecular formula is C14H21N. The second-order valence-corrected chi connectivity index (χ2v) is 5.22. The summed E-state index contributed by atoms with van der Waals surface area (Å²) in [6.07, 6.45) is 2.51. The van der Waals surface area contributed by atoms with E-state index in [0.717, 1.165) is 0 Å². The van der Waals surface area contributed by atoms with Crippen LogP contribution < -0.4 is 5.73 Å². The molecule has 0 amide bonds. The van der Waals surface area contributed by atoms with Gasteiger partial charge in [-0.05, 0) is 36.8 Å². The second-order valence-electron chi connectivity index (χ2n) is 5.22. The molecule has 1 aromatic carbocycles. The first-order valence-corrected chi connectivity index (χ1v) is 5.92. The van der Waals surface area contributed by atoms with E-state index in [1.165, 1.54) is 24.0 Å². The van der Waals surface area contributed by atoms with E-state index in [-0.39, 0.29) is 6.04 Å². The van der Waals surface area contributed by atoms with Gasteiger partial charge in [-0.1, -0.05) is 38.1 Å². The molecular weight excluding hydrogens is 182 g/mol. The van der Waals surface area contributed by atoms with Crippen molar-refractivity contribution in [2.45, 2.75) is 51.0 Å². The zero-order chi connectivity index (χ0) is 11.1. The van der Waals surface area contributed by atoms with Gasteiger partial charge in [-0.2, -0.15) is 0 Å². The van der Waals surface area contributed by atoms with Gasteiger partial charge in [-0.15, -0.1) is 0 Å². The molecule has 1 nitrogen and oxygen atoms in total. The normalized spacial score (nSPS) is 20.3. The zero-order valence-electron chi connectivity index (χ0n) is 9.96. The Hall–Kier alpha value is -0.820. The first kappa shape index (κ1) is 10.7. The standard InChI is InChI=1S/C14H21N/c1-10(2)12-5-4-6-13(9-12)14(7-8-14)11(3)15/h4-6,9-11H,7-8,15H2,1-3H3. The molecule has 0 aliphatic heterocycles. The summed E-state index contributed by atoms with van der Waals surface area (Å²) in [5, 5.41) is 0. The fraction of sp³-hybridized carbons (Fsp3) is 0.571. The minimum Gasteiger partial charge on any atom is -0.327 e. The Balaban J connectivity index is 2.33. The molecule has 15 heavy (non-hydrogen) atoms. The van der Waals surface area contributed by atoms with Crippen molar-refractivity contribution in [3.05, 3.63) is 35.4 Å². The first-order valence-electron chi connectivity index (χ1n) is 5.92. The molecule has 2 rings (SSSR count). The van der Waals surface area contributed by atoms with Crippen LogP contribution in [0.3, 0.4) is 0 Å². The molecule has 2 N–H and O–H groups in total. The van der Waals surface area contributed by atoms with Gasteiger partial charge in [0.25, 0.3) is 0 Å². The van der Waals surface area contributed by atoms with E-state index in [9.17, 15) is 0 Å². The second kappa shape index (κ2) is 3.64. The van der Waals surface area contributed by atoms with Crippen LogP contribution in [0, 0.1) is 0 Å². The van der Waals surface area contributed by atoms with Gasteiger partial charge in [0, 0.05) is 11.5 Å². The maximum absolute atomic E-state index is 6.09. The summed E-state index contributed by atoms with van der Waals surface area (Å²) in [6, 6.07) is 9.25. The average molecular weight is 203 g/mol. The quantitative estimate of drug-likeness (QED) is 0.802. The lowest BCUT2D eigenvalue weighted by Crippen LogP contribution is -2.31. The summed E-state index contributed by atoms with van der Waals surface area (Å²) in [4.78, 5) is 0. The van der Waals surface area contributed by atoms with Crippen molar-refractivity contribution >= 4 is 0 Å². The lowest BCUT2D eigenvalue weighted by atomic mass is 9.87. The van der Waals surface area contributed by atoms with Gasteiger partial charge in [0.05, 0.1) is 0 Å². The molecule has 1 fully saturated rings. The maximum atomic E-state index is 6.09. The van der Waals surface area contributed by atoms with Crippen LogP contribution in [0.1, 0.15) is 50.7 Å². The van der Waals surface area contributed by atoms with Crippen molar-refractivity contribution in [2.75, 3.05) is 0 Å². The van der Waals surface area contributed by atoms with E-state index < -0.39 is 0 Å². The Bertz CT molecular complexity index is 348. The molecule has 0 spiro atoms. The fourth-order valence-corrected chi connectivity index (χ4v) is 2.35. The molecule has 0 aromatic heterocycles. The summed E-state index contributed by atoms with van der Waals surface area (Å²) in [5.74, 6) is 0.605. The Labute approximate surface area is 92.7 Å². The SMILES string of the molecule is CC(C)c1cccc(C2(C(C)N)CC2)c1. The van der Waals surface area contributed by atoms with Gasteiger partial charge >= 0.3 is 0 Å². The molecule has 1 heteroatoms. The van der Waals surface area contributed by atoms with E-state index in [4.69, 9.17) is 5.73 Å². The van der Waals surface area contributed by atoms with Crippen molar-refractivity contribution in [3.8, 4) is 0 Å². The molecule has 1 saturated carbocycles. The molecule has 1 aliphatic carbocycles. The minimum atomic E-state index is 0.278. The smallest absolute Gasteiger partial charge is 0.0108 e. The third-order valence-corrected chi connectivity index (χ3v) is 3.79. The van der Waals surface area contributed by atoms with E-state index in [1.54, 1.807) is 0 Å². The fourth-order valence-electron chi connectivity index (χ4n) is 2.35. The number of hydrogen-bond donors (Lipinski definition) is 1. The highest BCUT2D eigenvalue weighted by atomic mass is 14.7. The van der Waals surface area contributed by atoms with Gasteiger partial charge in [-0.3, -0.25) is 0 Å². The number of hydrogen-bond acceptors (Lipinski definition) is 1. The summed E-state index contributed by atoms with van der Waals surface area (Å²) < 4.78 is 0. The van der Waals surface area contributed by atoms with Gasteiger partial charge in [0.1, 0.15) is 0 Å². The predicted molar refractivity (Wildman–Crippen MR) is 65.1 cm³/mol. The van der Waals surface area contributed by atoms with E-state index in [1.807, 2.05) is 0 Å². The highest BCUT2D eigenvalue weighted by molar-refractivity contribution is 5.37. The van der Waals surface area contributed by atoms with Crippen molar-refractivity contribution in [1.29, 1.82) is 0 Å². The summed E-state index contributed by atoms with van der Waals surface area (Å²) in [7, 11) is 0. The average Bonchev–Trinajstić information content (AvgIpc) is 2.98. The van der Waals surface area contributed by atoms with Crippen molar-refractivity contribution in [3.63, 3.8) is 0 Å². The molecule has 1 atom stereocenters. The van der Waals surface area contributed by atoms with Gasteiger partial charge in [0.2, 0.25) is 0 Å². The molecule has 0 saturated heterocycles. The zero-order valence-corrected chi connectivity index (χ0v) is 9.96. The molecule has 1 aliphatic rings. The molecule has 82 valence electrons. The minimum absolute atomic E-state index is 0.278. The number of benzene rings is 1. The van der Waals surface area contributed by atoms with Crippen LogP contribution in [0.25, 0.3) is 0 Å². The maximum Gasteiger partial charge on any atom is 0.0108 e. The number of rotatable bonds is 3. The monoisotopic (exact) mass is 203 g/mol. The van der Waals surface area contributed by atoms with Crippen LogP contribution in [-0.2, 0) is 5.41 Å². The first-order chi connectivity index (χ1) is 7.06. The van der Waals surface area contributed by atoms with Gasteiger partial charge < -0.3 is 5.73 Å². The Morgan fingerprint density at radius 1 is 1.20 bits per heavy atom. The Morgan fingerprint density at radius 3 is 2.33 bits per heavy atom. The van der Waals surface area contributed by atoms with E-state index in [0.29, 0.717) is 11.3 Å². The number of nitrogens with two attached hydrogens (primary N) is 1. The topological polar surface area (TPSA) is 26.0 Å². The van der Waals surface area contributed by atoms with Gasteiger partial charge in [0.15, 0.2) is 0 Å². The van der Waals surface area contributed by atoms with Crippen molar-refractivity contribution in [2.24, 2.45) is 5.73 Å². The van der Waals surface area contributed by atoms with Crippen LogP contribution in [0.4, 0.5) is 0 Å². The van der Waals surface area contributed by atoms with Crippen LogP contribution in [0.5, 0.6) is 0 Å². The van der Waals surface area contributed by atoms with E-state index in [2.05, 4.69) is 45.0 Å². The van der Waals surface area contributed by atoms with Crippen molar-refractivity contribution in [1.82, 2.24) is 0 Å². The molecule has 1 aromatic rings. The van der Waals surface area contributed by atoms with Crippen LogP contribution in [-0.4, -0.2) is 6.04 Å². The largest absolute Gasteiger partial charge is 0.327 e. The van der Waals surface area contributed by atoms with Crippen LogP contribution >= 0.6 is 0 Å². The lowest BCUT2D eigenvalue weighted by molar-refractivity contribution is 0.555. The summed E-state index contributed by atoms with van der Waals surface area (Å²) in [5.41, 5.74) is 9.27. The Kier molecular flexibility index (Phi) is 2.59. The summed E-state index contributed by atoms with van der Waals surface area (Å²) >= 11 is 0. The Morgan fingerprint density at radius 2 is 1.87 bits per heavy atom. The van der Waals surface area contributed by atoms with Crippen LogP contribution in [0.2, 0.25) is 0 Å². The molecule has 0 radical (unpaired) electrons. The summed E-state index contributed by atoms with van der Waals surface area (Å²) in [6.45, 7) is 6.62. The van der Waals surface area contributed by atoms with Crippen LogP contribution in [0.15, 0.2) is 24.3 Å². The predicted octanol–water partition coefficient (Wildman–Crippen LogP) is 3.19. The lowest BCUT2D eigenvalue weighted by Gasteiger charge is -2.21. The highest BCUT2D eigenvalue weighted by Crippen LogP contribution is 2.50. The third-order valence-electron chi connectivity index (χ3n) is 3.79. The van der Waals surface area contributed by atoms with E-state index >= 15 is 0 Å². The van der Waals surface area contributed by atoms with Gasteiger partial charge in [-0.25, -0.2) is 0 Å². The highest BCUT2D eigenvalue weighted by Gasteiger charge is 2.47. The molecule has 0 heterocycles. The molecule has 0 bridgehead atoms. The third kappa shape index (κ3) is 1.81. The van der Waals surface area contributed by atoms with Crippen molar-refractivity contribution < 1.29 is 0 Å². The molecule has 1 unspecified atom stereocenters.